The summed E-state index contributed by atoms with van der Waals surface area (Å²) in [7, 11) is 0. The van der Waals surface area contributed by atoms with Crippen LogP contribution in [0.3, 0.4) is 0 Å². The fraction of sp³-hybridized carbons (Fsp3) is 0.500. The van der Waals surface area contributed by atoms with Gasteiger partial charge in [0.1, 0.15) is 0 Å². The number of nitrogens with zero attached hydrogens (tertiary/aromatic N) is 1. The van der Waals surface area contributed by atoms with Crippen molar-refractivity contribution in [3.8, 4) is 11.5 Å². The molecule has 1 fully saturated rings. The van der Waals surface area contributed by atoms with E-state index < -0.39 is 0 Å². The lowest BCUT2D eigenvalue weighted by molar-refractivity contribution is 0.0693. The normalized spacial score (nSPS) is 15.8. The van der Waals surface area contributed by atoms with Crippen molar-refractivity contribution in [2.24, 2.45) is 0 Å². The summed E-state index contributed by atoms with van der Waals surface area (Å²) in [4.78, 5) is 14.2. The molecular formula is C14H19NO3. The van der Waals surface area contributed by atoms with Crippen LogP contribution in [0, 0.1) is 0 Å². The highest BCUT2D eigenvalue weighted by Crippen LogP contribution is 2.28. The Morgan fingerprint density at radius 2 is 1.94 bits per heavy atom. The summed E-state index contributed by atoms with van der Waals surface area (Å²) in [6, 6.07) is 4.55. The maximum absolute atomic E-state index is 12.4. The first-order valence-corrected chi connectivity index (χ1v) is 6.46. The van der Waals surface area contributed by atoms with Gasteiger partial charge in [0.25, 0.3) is 5.91 Å². The van der Waals surface area contributed by atoms with E-state index >= 15 is 0 Å². The fourth-order valence-electron chi connectivity index (χ4n) is 2.61. The second kappa shape index (κ2) is 5.29. The molecule has 0 atom stereocenters. The van der Waals surface area contributed by atoms with Gasteiger partial charge in [-0.2, -0.15) is 0 Å². The van der Waals surface area contributed by atoms with Gasteiger partial charge in [-0.05, 0) is 38.0 Å². The number of hydrogen-bond acceptors (Lipinski definition) is 3. The van der Waals surface area contributed by atoms with E-state index in [2.05, 4.69) is 0 Å². The lowest BCUT2D eigenvalue weighted by Crippen LogP contribution is -2.38. The van der Waals surface area contributed by atoms with Crippen molar-refractivity contribution in [2.45, 2.75) is 38.6 Å². The molecule has 1 aliphatic rings. The predicted molar refractivity (Wildman–Crippen MR) is 68.7 cm³/mol. The summed E-state index contributed by atoms with van der Waals surface area (Å²) in [5, 5.41) is 18.7. The topological polar surface area (TPSA) is 60.8 Å². The van der Waals surface area contributed by atoms with Gasteiger partial charge in [0, 0.05) is 18.2 Å². The van der Waals surface area contributed by atoms with Gasteiger partial charge in [0.2, 0.25) is 0 Å². The summed E-state index contributed by atoms with van der Waals surface area (Å²) in [5.41, 5.74) is 0.430. The Kier molecular flexibility index (Phi) is 3.75. The van der Waals surface area contributed by atoms with Crippen LogP contribution in [-0.4, -0.2) is 33.6 Å². The van der Waals surface area contributed by atoms with Crippen molar-refractivity contribution in [2.75, 3.05) is 6.54 Å². The van der Waals surface area contributed by atoms with Gasteiger partial charge < -0.3 is 15.1 Å². The highest BCUT2D eigenvalue weighted by atomic mass is 16.3. The molecule has 1 aromatic carbocycles. The van der Waals surface area contributed by atoms with Gasteiger partial charge >= 0.3 is 0 Å². The summed E-state index contributed by atoms with van der Waals surface area (Å²) in [6.45, 7) is 2.64. The van der Waals surface area contributed by atoms with Crippen molar-refractivity contribution >= 4 is 5.91 Å². The van der Waals surface area contributed by atoms with Gasteiger partial charge in [0.15, 0.2) is 11.5 Å². The SMILES string of the molecule is CCN(C(=O)c1ccc(O)c(O)c1)C1CCCC1. The van der Waals surface area contributed by atoms with Gasteiger partial charge in [-0.3, -0.25) is 4.79 Å². The number of phenolic OH excluding ortho intramolecular Hbond substituents is 2. The molecular weight excluding hydrogens is 230 g/mol. The molecule has 0 bridgehead atoms. The van der Waals surface area contributed by atoms with Crippen molar-refractivity contribution in [1.82, 2.24) is 4.90 Å². The van der Waals surface area contributed by atoms with E-state index in [4.69, 9.17) is 0 Å². The minimum absolute atomic E-state index is 0.0697. The molecule has 98 valence electrons. The Balaban J connectivity index is 2.19. The van der Waals surface area contributed by atoms with Crippen LogP contribution in [0.4, 0.5) is 0 Å². The van der Waals surface area contributed by atoms with E-state index in [1.807, 2.05) is 11.8 Å². The summed E-state index contributed by atoms with van der Waals surface area (Å²) >= 11 is 0. The molecule has 1 aromatic rings. The van der Waals surface area contributed by atoms with E-state index in [1.54, 1.807) is 6.07 Å². The molecule has 1 amide bonds. The molecule has 0 aromatic heterocycles. The van der Waals surface area contributed by atoms with Crippen LogP contribution in [-0.2, 0) is 0 Å². The van der Waals surface area contributed by atoms with Gasteiger partial charge in [0.05, 0.1) is 0 Å². The number of carbonyl (C=O) groups excluding carboxylic acids is 1. The van der Waals surface area contributed by atoms with Crippen LogP contribution < -0.4 is 0 Å². The third-order valence-corrected chi connectivity index (χ3v) is 3.59. The first kappa shape index (κ1) is 12.7. The van der Waals surface area contributed by atoms with Crippen LogP contribution in [0.25, 0.3) is 0 Å². The van der Waals surface area contributed by atoms with Gasteiger partial charge in [-0.1, -0.05) is 12.8 Å². The minimum atomic E-state index is -0.247. The Hall–Kier alpha value is -1.71. The molecule has 0 radical (unpaired) electrons. The Morgan fingerprint density at radius 3 is 2.50 bits per heavy atom. The van der Waals surface area contributed by atoms with E-state index in [-0.39, 0.29) is 17.4 Å². The van der Waals surface area contributed by atoms with Crippen LogP contribution in [0.2, 0.25) is 0 Å². The summed E-state index contributed by atoms with van der Waals surface area (Å²) in [6.07, 6.45) is 4.47. The largest absolute Gasteiger partial charge is 0.504 e. The first-order chi connectivity index (χ1) is 8.63. The highest BCUT2D eigenvalue weighted by Gasteiger charge is 2.26. The van der Waals surface area contributed by atoms with Gasteiger partial charge in [-0.25, -0.2) is 0 Å². The zero-order valence-electron chi connectivity index (χ0n) is 10.6. The second-order valence-electron chi connectivity index (χ2n) is 4.73. The highest BCUT2D eigenvalue weighted by molar-refractivity contribution is 5.95. The summed E-state index contributed by atoms with van der Waals surface area (Å²) in [5.74, 6) is -0.515. The first-order valence-electron chi connectivity index (χ1n) is 6.46. The molecule has 4 heteroatoms. The van der Waals surface area contributed by atoms with E-state index in [0.29, 0.717) is 18.2 Å². The summed E-state index contributed by atoms with van der Waals surface area (Å²) < 4.78 is 0. The van der Waals surface area contributed by atoms with E-state index in [0.717, 1.165) is 12.8 Å². The molecule has 2 N–H and O–H groups in total. The van der Waals surface area contributed by atoms with Crippen LogP contribution >= 0.6 is 0 Å². The third kappa shape index (κ3) is 2.42. The molecule has 4 nitrogen and oxygen atoms in total. The number of carbonyl (C=O) groups is 1. The molecule has 1 saturated carbocycles. The molecule has 0 spiro atoms. The molecule has 1 aliphatic carbocycles. The number of hydrogen-bond donors (Lipinski definition) is 2. The Morgan fingerprint density at radius 1 is 1.28 bits per heavy atom. The number of rotatable bonds is 3. The number of benzene rings is 1. The maximum Gasteiger partial charge on any atom is 0.254 e. The average Bonchev–Trinajstić information content (AvgIpc) is 2.87. The van der Waals surface area contributed by atoms with Crippen LogP contribution in [0.1, 0.15) is 43.0 Å². The molecule has 0 unspecified atom stereocenters. The van der Waals surface area contributed by atoms with Crippen molar-refractivity contribution in [3.63, 3.8) is 0 Å². The van der Waals surface area contributed by atoms with Crippen molar-refractivity contribution < 1.29 is 15.0 Å². The number of phenols is 2. The van der Waals surface area contributed by atoms with Crippen molar-refractivity contribution in [1.29, 1.82) is 0 Å². The van der Waals surface area contributed by atoms with Crippen LogP contribution in [0.15, 0.2) is 18.2 Å². The van der Waals surface area contributed by atoms with Crippen LogP contribution in [0.5, 0.6) is 11.5 Å². The Bertz CT molecular complexity index is 439. The predicted octanol–water partition coefficient (Wildman–Crippen LogP) is 2.50. The zero-order valence-corrected chi connectivity index (χ0v) is 10.6. The quantitative estimate of drug-likeness (QED) is 0.809. The fourth-order valence-corrected chi connectivity index (χ4v) is 2.61. The average molecular weight is 249 g/mol. The van der Waals surface area contributed by atoms with E-state index in [9.17, 15) is 15.0 Å². The van der Waals surface area contributed by atoms with E-state index in [1.165, 1.54) is 25.0 Å². The Labute approximate surface area is 107 Å². The molecule has 0 heterocycles. The molecule has 0 saturated heterocycles. The lowest BCUT2D eigenvalue weighted by Gasteiger charge is -2.27. The zero-order chi connectivity index (χ0) is 13.1. The standard InChI is InChI=1S/C14H19NO3/c1-2-15(11-5-3-4-6-11)14(18)10-7-8-12(16)13(17)9-10/h7-9,11,16-17H,2-6H2,1H3. The molecule has 18 heavy (non-hydrogen) atoms. The van der Waals surface area contributed by atoms with Crippen molar-refractivity contribution in [3.05, 3.63) is 23.8 Å². The smallest absolute Gasteiger partial charge is 0.254 e. The monoisotopic (exact) mass is 249 g/mol. The molecule has 0 aliphatic heterocycles. The second-order valence-corrected chi connectivity index (χ2v) is 4.73. The third-order valence-electron chi connectivity index (χ3n) is 3.59. The molecule has 2 rings (SSSR count). The number of amides is 1. The lowest BCUT2D eigenvalue weighted by atomic mass is 10.1. The van der Waals surface area contributed by atoms with Gasteiger partial charge in [-0.15, -0.1) is 0 Å². The number of aromatic hydroxyl groups is 2. The minimum Gasteiger partial charge on any atom is -0.504 e. The maximum atomic E-state index is 12.4.